The number of hydrogen-bond acceptors (Lipinski definition) is 3. The molecule has 1 unspecified atom stereocenters. The first-order chi connectivity index (χ1) is 8.45. The summed E-state index contributed by atoms with van der Waals surface area (Å²) in [6.45, 7) is 4.42. The summed E-state index contributed by atoms with van der Waals surface area (Å²) in [5.74, 6) is 0. The summed E-state index contributed by atoms with van der Waals surface area (Å²) >= 11 is 0. The molecule has 0 fully saturated rings. The van der Waals surface area contributed by atoms with E-state index < -0.39 is 5.60 Å². The van der Waals surface area contributed by atoms with E-state index in [0.717, 1.165) is 25.0 Å². The highest BCUT2D eigenvalue weighted by Gasteiger charge is 2.27. The first kappa shape index (κ1) is 13.3. The zero-order valence-corrected chi connectivity index (χ0v) is 11.4. The van der Waals surface area contributed by atoms with Crippen LogP contribution in [0.1, 0.15) is 31.5 Å². The summed E-state index contributed by atoms with van der Waals surface area (Å²) in [6.07, 6.45) is 3.17. The van der Waals surface area contributed by atoms with Gasteiger partial charge in [-0.2, -0.15) is 0 Å². The Morgan fingerprint density at radius 3 is 2.83 bits per heavy atom. The van der Waals surface area contributed by atoms with E-state index in [9.17, 15) is 4.79 Å². The Bertz CT molecular complexity index is 491. The lowest BCUT2D eigenvalue weighted by molar-refractivity contribution is -0.00400. The molecule has 0 saturated heterocycles. The third-order valence-electron chi connectivity index (χ3n) is 4.05. The van der Waals surface area contributed by atoms with Crippen LogP contribution in [0.25, 0.3) is 0 Å². The highest BCUT2D eigenvalue weighted by molar-refractivity contribution is 5.26. The minimum atomic E-state index is -0.430. The largest absolute Gasteiger partial charge is 0.377 e. The second-order valence-corrected chi connectivity index (χ2v) is 5.52. The average Bonchev–Trinajstić information content (AvgIpc) is 2.81. The van der Waals surface area contributed by atoms with Crippen molar-refractivity contribution in [2.75, 3.05) is 7.11 Å². The molecular weight excluding hydrogens is 228 g/mol. The van der Waals surface area contributed by atoms with E-state index in [-0.39, 0.29) is 11.6 Å². The highest BCUT2D eigenvalue weighted by atomic mass is 16.5. The van der Waals surface area contributed by atoms with Crippen molar-refractivity contribution in [3.63, 3.8) is 0 Å². The molecule has 0 spiro atoms. The maximum atomic E-state index is 12.0. The Labute approximate surface area is 108 Å². The lowest BCUT2D eigenvalue weighted by atomic mass is 9.99. The topological polar surface area (TPSA) is 57.2 Å². The van der Waals surface area contributed by atoms with Crippen LogP contribution in [0.3, 0.4) is 0 Å². The highest BCUT2D eigenvalue weighted by Crippen LogP contribution is 2.21. The van der Waals surface area contributed by atoms with Crippen LogP contribution in [0.15, 0.2) is 16.9 Å². The van der Waals surface area contributed by atoms with Crippen molar-refractivity contribution in [1.29, 1.82) is 0 Å². The number of nitrogens with two attached hydrogens (primary N) is 1. The third-order valence-corrected chi connectivity index (χ3v) is 4.05. The molecule has 0 bridgehead atoms. The fourth-order valence-electron chi connectivity index (χ4n) is 2.40. The summed E-state index contributed by atoms with van der Waals surface area (Å²) in [6, 6.07) is 3.40. The molecule has 1 aliphatic carbocycles. The maximum absolute atomic E-state index is 12.0. The molecule has 2 rings (SSSR count). The first-order valence-electron chi connectivity index (χ1n) is 6.48. The first-order valence-corrected chi connectivity index (χ1v) is 6.48. The molecule has 4 heteroatoms. The van der Waals surface area contributed by atoms with Gasteiger partial charge in [0.1, 0.15) is 0 Å². The van der Waals surface area contributed by atoms with Gasteiger partial charge in [-0.1, -0.05) is 6.07 Å². The minimum Gasteiger partial charge on any atom is -0.377 e. The Balaban J connectivity index is 2.30. The standard InChI is InChI=1S/C14H22N2O2/c1-14(2,18-3)12(15)9-16-11-6-4-5-10(11)7-8-13(16)17/h7-8,12H,4-6,9,15H2,1-3H3. The summed E-state index contributed by atoms with van der Waals surface area (Å²) in [5.41, 5.74) is 8.23. The predicted octanol–water partition coefficient (Wildman–Crippen LogP) is 1.09. The zero-order chi connectivity index (χ0) is 13.3. The summed E-state index contributed by atoms with van der Waals surface area (Å²) in [7, 11) is 1.65. The molecule has 4 nitrogen and oxygen atoms in total. The second-order valence-electron chi connectivity index (χ2n) is 5.52. The number of aryl methyl sites for hydroxylation is 1. The summed E-state index contributed by atoms with van der Waals surface area (Å²) < 4.78 is 7.22. The molecule has 0 amide bonds. The Hall–Kier alpha value is -1.13. The van der Waals surface area contributed by atoms with Crippen LogP contribution >= 0.6 is 0 Å². The van der Waals surface area contributed by atoms with Crippen LogP contribution in [0.4, 0.5) is 0 Å². The fourth-order valence-corrected chi connectivity index (χ4v) is 2.40. The van der Waals surface area contributed by atoms with Crippen LogP contribution < -0.4 is 11.3 Å². The lowest BCUT2D eigenvalue weighted by Gasteiger charge is -2.31. The molecule has 0 aromatic carbocycles. The SMILES string of the molecule is COC(C)(C)C(N)Cn1c2c(ccc1=O)CCC2. The van der Waals surface area contributed by atoms with E-state index in [0.29, 0.717) is 6.54 Å². The molecule has 18 heavy (non-hydrogen) atoms. The van der Waals surface area contributed by atoms with E-state index in [4.69, 9.17) is 10.5 Å². The summed E-state index contributed by atoms with van der Waals surface area (Å²) in [5, 5.41) is 0. The molecule has 1 aromatic rings. The van der Waals surface area contributed by atoms with E-state index in [1.54, 1.807) is 13.2 Å². The Morgan fingerprint density at radius 2 is 2.17 bits per heavy atom. The predicted molar refractivity (Wildman–Crippen MR) is 71.8 cm³/mol. The van der Waals surface area contributed by atoms with Crippen LogP contribution in [0.5, 0.6) is 0 Å². The third kappa shape index (κ3) is 2.35. The number of methoxy groups -OCH3 is 1. The number of rotatable bonds is 4. The maximum Gasteiger partial charge on any atom is 0.250 e. The van der Waals surface area contributed by atoms with Gasteiger partial charge in [0.2, 0.25) is 0 Å². The van der Waals surface area contributed by atoms with Crippen LogP contribution in [-0.2, 0) is 24.1 Å². The van der Waals surface area contributed by atoms with Gasteiger partial charge in [0, 0.05) is 25.4 Å². The average molecular weight is 250 g/mol. The minimum absolute atomic E-state index is 0.0398. The molecule has 1 aliphatic rings. The molecule has 0 aliphatic heterocycles. The van der Waals surface area contributed by atoms with Crippen LogP contribution in [0.2, 0.25) is 0 Å². The van der Waals surface area contributed by atoms with Crippen molar-refractivity contribution in [1.82, 2.24) is 4.57 Å². The fraction of sp³-hybridized carbons (Fsp3) is 0.643. The van der Waals surface area contributed by atoms with Crippen LogP contribution in [0, 0.1) is 0 Å². The molecule has 100 valence electrons. The zero-order valence-electron chi connectivity index (χ0n) is 11.4. The van der Waals surface area contributed by atoms with Gasteiger partial charge in [-0.15, -0.1) is 0 Å². The number of fused-ring (bicyclic) bond motifs is 1. The van der Waals surface area contributed by atoms with Gasteiger partial charge in [0.25, 0.3) is 5.56 Å². The monoisotopic (exact) mass is 250 g/mol. The normalized spacial score (nSPS) is 16.7. The van der Waals surface area contributed by atoms with Gasteiger partial charge in [-0.25, -0.2) is 0 Å². The van der Waals surface area contributed by atoms with Crippen molar-refractivity contribution in [2.45, 2.75) is 51.3 Å². The van der Waals surface area contributed by atoms with Crippen LogP contribution in [-0.4, -0.2) is 23.3 Å². The molecule has 2 N–H and O–H groups in total. The quantitative estimate of drug-likeness (QED) is 0.870. The van der Waals surface area contributed by atoms with Gasteiger partial charge in [-0.05, 0) is 38.7 Å². The van der Waals surface area contributed by atoms with Gasteiger partial charge >= 0.3 is 0 Å². The van der Waals surface area contributed by atoms with E-state index >= 15 is 0 Å². The Morgan fingerprint density at radius 1 is 1.44 bits per heavy atom. The number of hydrogen-bond donors (Lipinski definition) is 1. The Kier molecular flexibility index (Phi) is 3.59. The lowest BCUT2D eigenvalue weighted by Crippen LogP contribution is -2.49. The van der Waals surface area contributed by atoms with E-state index in [1.807, 2.05) is 24.5 Å². The molecule has 1 aromatic heterocycles. The van der Waals surface area contributed by atoms with Gasteiger partial charge in [0.05, 0.1) is 11.6 Å². The second kappa shape index (κ2) is 4.86. The smallest absolute Gasteiger partial charge is 0.250 e. The van der Waals surface area contributed by atoms with Crippen molar-refractivity contribution in [3.8, 4) is 0 Å². The van der Waals surface area contributed by atoms with Crippen molar-refractivity contribution in [2.24, 2.45) is 5.73 Å². The molecule has 0 saturated carbocycles. The van der Waals surface area contributed by atoms with Gasteiger partial charge in [0.15, 0.2) is 0 Å². The molecule has 0 radical (unpaired) electrons. The van der Waals surface area contributed by atoms with Gasteiger partial charge < -0.3 is 15.0 Å². The van der Waals surface area contributed by atoms with Gasteiger partial charge in [-0.3, -0.25) is 4.79 Å². The summed E-state index contributed by atoms with van der Waals surface area (Å²) in [4.78, 5) is 12.0. The number of ether oxygens (including phenoxy) is 1. The molecule has 1 heterocycles. The van der Waals surface area contributed by atoms with E-state index in [2.05, 4.69) is 0 Å². The van der Waals surface area contributed by atoms with Crippen molar-refractivity contribution < 1.29 is 4.74 Å². The van der Waals surface area contributed by atoms with Crippen molar-refractivity contribution in [3.05, 3.63) is 33.7 Å². The number of aromatic nitrogens is 1. The molecular formula is C14H22N2O2. The van der Waals surface area contributed by atoms with E-state index in [1.165, 1.54) is 5.56 Å². The van der Waals surface area contributed by atoms with Crippen molar-refractivity contribution >= 4 is 0 Å². The number of pyridine rings is 1. The molecule has 1 atom stereocenters. The number of nitrogens with zero attached hydrogens (tertiary/aromatic N) is 1.